The van der Waals surface area contributed by atoms with Crippen molar-refractivity contribution in [3.05, 3.63) is 46.2 Å². The van der Waals surface area contributed by atoms with E-state index < -0.39 is 6.61 Å². The van der Waals surface area contributed by atoms with Gasteiger partial charge in [-0.3, -0.25) is 4.79 Å². The Hall–Kier alpha value is -1.99. The van der Waals surface area contributed by atoms with Crippen LogP contribution < -0.4 is 10.1 Å². The van der Waals surface area contributed by atoms with E-state index in [2.05, 4.69) is 10.1 Å². The van der Waals surface area contributed by atoms with Crippen LogP contribution >= 0.6 is 11.3 Å². The molecule has 2 aromatic rings. The van der Waals surface area contributed by atoms with Crippen LogP contribution in [0.15, 0.2) is 35.7 Å². The van der Waals surface area contributed by atoms with Crippen LogP contribution in [0.3, 0.4) is 0 Å². The number of benzene rings is 1. The molecule has 1 N–H and O–H groups in total. The average molecular weight is 339 g/mol. The number of nitrogens with one attached hydrogen (secondary N) is 1. The number of anilines is 1. The fraction of sp³-hybridized carbons (Fsp3) is 0.312. The maximum Gasteiger partial charge on any atom is 0.387 e. The van der Waals surface area contributed by atoms with Gasteiger partial charge < -0.3 is 14.8 Å². The molecule has 0 spiro atoms. The fourth-order valence-electron chi connectivity index (χ4n) is 2.49. The molecule has 1 aliphatic heterocycles. The lowest BCUT2D eigenvalue weighted by atomic mass is 10.0. The maximum absolute atomic E-state index is 12.1. The van der Waals surface area contributed by atoms with Gasteiger partial charge in [-0.15, -0.1) is 11.3 Å². The zero-order valence-corrected chi connectivity index (χ0v) is 12.9. The molecule has 0 saturated carbocycles. The molecule has 0 radical (unpaired) electrons. The number of halogens is 2. The third-order valence-corrected chi connectivity index (χ3v) is 4.51. The van der Waals surface area contributed by atoms with E-state index in [1.54, 1.807) is 11.3 Å². The van der Waals surface area contributed by atoms with Crippen LogP contribution in [0.2, 0.25) is 0 Å². The minimum Gasteiger partial charge on any atom is -0.435 e. The summed E-state index contributed by atoms with van der Waals surface area (Å²) in [5, 5.41) is 4.74. The molecule has 1 amide bonds. The first-order valence-electron chi connectivity index (χ1n) is 7.14. The quantitative estimate of drug-likeness (QED) is 0.896. The molecule has 0 fully saturated rings. The average Bonchev–Trinajstić information content (AvgIpc) is 2.98. The maximum atomic E-state index is 12.1. The van der Waals surface area contributed by atoms with Crippen LogP contribution in [0.1, 0.15) is 23.0 Å². The zero-order chi connectivity index (χ0) is 16.2. The van der Waals surface area contributed by atoms with Gasteiger partial charge in [-0.05, 0) is 41.3 Å². The Labute approximate surface area is 136 Å². The number of amides is 1. The Kier molecular flexibility index (Phi) is 4.88. The summed E-state index contributed by atoms with van der Waals surface area (Å²) in [4.78, 5) is 13.4. The van der Waals surface area contributed by atoms with Gasteiger partial charge in [0.15, 0.2) is 0 Å². The number of thiophene rings is 1. The highest BCUT2D eigenvalue weighted by Gasteiger charge is 2.24. The summed E-state index contributed by atoms with van der Waals surface area (Å²) in [7, 11) is 0. The molecule has 3 rings (SSSR count). The van der Waals surface area contributed by atoms with Crippen LogP contribution in [0.5, 0.6) is 5.75 Å². The van der Waals surface area contributed by atoms with Crippen LogP contribution in [0, 0.1) is 0 Å². The highest BCUT2D eigenvalue weighted by Crippen LogP contribution is 2.33. The van der Waals surface area contributed by atoms with Crippen molar-refractivity contribution < 1.29 is 23.0 Å². The first-order valence-corrected chi connectivity index (χ1v) is 8.02. The van der Waals surface area contributed by atoms with E-state index in [0.717, 1.165) is 12.0 Å². The van der Waals surface area contributed by atoms with Crippen molar-refractivity contribution in [3.8, 4) is 5.75 Å². The summed E-state index contributed by atoms with van der Waals surface area (Å²) < 4.78 is 34.1. The number of alkyl halides is 2. The van der Waals surface area contributed by atoms with E-state index >= 15 is 0 Å². The first-order chi connectivity index (χ1) is 11.1. The number of hydrogen-bond donors (Lipinski definition) is 1. The normalized spacial score (nSPS) is 16.9. The van der Waals surface area contributed by atoms with Gasteiger partial charge in [0.25, 0.3) is 0 Å². The van der Waals surface area contributed by atoms with E-state index in [-0.39, 0.29) is 24.2 Å². The molecular formula is C16H15F2NO3S. The number of hydrogen-bond acceptors (Lipinski definition) is 4. The fourth-order valence-corrected chi connectivity index (χ4v) is 3.41. The number of rotatable bonds is 5. The SMILES string of the molecule is O=C(C[C@@H]1OCCc2sccc21)Nc1ccc(OC(F)F)cc1. The molecule has 4 nitrogen and oxygen atoms in total. The van der Waals surface area contributed by atoms with Gasteiger partial charge in [-0.25, -0.2) is 0 Å². The first kappa shape index (κ1) is 15.9. The van der Waals surface area contributed by atoms with E-state index in [4.69, 9.17) is 4.74 Å². The molecule has 1 atom stereocenters. The molecule has 1 aliphatic rings. The zero-order valence-electron chi connectivity index (χ0n) is 12.1. The van der Waals surface area contributed by atoms with Crippen LogP contribution in [-0.4, -0.2) is 19.1 Å². The van der Waals surface area contributed by atoms with Gasteiger partial charge >= 0.3 is 6.61 Å². The standard InChI is InChI=1S/C16H15F2NO3S/c17-16(18)22-11-3-1-10(2-4-11)19-15(20)9-13-12-6-8-23-14(12)5-7-21-13/h1-4,6,8,13,16H,5,7,9H2,(H,19,20)/t13-/m0/s1. The number of carbonyl (C=O) groups is 1. The number of fused-ring (bicyclic) bond motifs is 1. The Morgan fingerprint density at radius 1 is 1.35 bits per heavy atom. The van der Waals surface area contributed by atoms with E-state index in [9.17, 15) is 13.6 Å². The van der Waals surface area contributed by atoms with Crippen molar-refractivity contribution in [1.82, 2.24) is 0 Å². The second-order valence-electron chi connectivity index (χ2n) is 5.06. The number of carbonyl (C=O) groups excluding carboxylic acids is 1. The van der Waals surface area contributed by atoms with Crippen molar-refractivity contribution in [2.75, 3.05) is 11.9 Å². The molecule has 1 aromatic carbocycles. The molecule has 7 heteroatoms. The summed E-state index contributed by atoms with van der Waals surface area (Å²) in [5.74, 6) is -0.131. The van der Waals surface area contributed by atoms with Crippen molar-refractivity contribution in [3.63, 3.8) is 0 Å². The molecule has 0 bridgehead atoms. The van der Waals surface area contributed by atoms with Crippen LogP contribution in [0.25, 0.3) is 0 Å². The second-order valence-corrected chi connectivity index (χ2v) is 6.06. The molecular weight excluding hydrogens is 324 g/mol. The van der Waals surface area contributed by atoms with E-state index in [1.165, 1.54) is 29.1 Å². The van der Waals surface area contributed by atoms with E-state index in [0.29, 0.717) is 12.3 Å². The minimum absolute atomic E-state index is 0.0523. The summed E-state index contributed by atoms with van der Waals surface area (Å²) in [6.07, 6.45) is 0.877. The lowest BCUT2D eigenvalue weighted by Gasteiger charge is -2.22. The molecule has 0 aliphatic carbocycles. The molecule has 2 heterocycles. The molecule has 23 heavy (non-hydrogen) atoms. The van der Waals surface area contributed by atoms with Gasteiger partial charge in [0, 0.05) is 17.0 Å². The van der Waals surface area contributed by atoms with Crippen LogP contribution in [-0.2, 0) is 16.0 Å². The second kappa shape index (κ2) is 7.06. The predicted molar refractivity (Wildman–Crippen MR) is 83.0 cm³/mol. The van der Waals surface area contributed by atoms with Crippen molar-refractivity contribution in [2.24, 2.45) is 0 Å². The van der Waals surface area contributed by atoms with Crippen molar-refractivity contribution in [2.45, 2.75) is 25.6 Å². The van der Waals surface area contributed by atoms with Gasteiger partial charge in [-0.2, -0.15) is 8.78 Å². The van der Waals surface area contributed by atoms with E-state index in [1.807, 2.05) is 11.4 Å². The lowest BCUT2D eigenvalue weighted by molar-refractivity contribution is -0.119. The molecule has 122 valence electrons. The molecule has 1 aromatic heterocycles. The smallest absolute Gasteiger partial charge is 0.387 e. The topological polar surface area (TPSA) is 47.6 Å². The summed E-state index contributed by atoms with van der Waals surface area (Å²) in [6, 6.07) is 7.81. The Balaban J connectivity index is 1.58. The Morgan fingerprint density at radius 2 is 2.13 bits per heavy atom. The predicted octanol–water partition coefficient (Wildman–Crippen LogP) is 3.99. The van der Waals surface area contributed by atoms with Crippen molar-refractivity contribution in [1.29, 1.82) is 0 Å². The van der Waals surface area contributed by atoms with Crippen LogP contribution in [0.4, 0.5) is 14.5 Å². The number of ether oxygens (including phenoxy) is 2. The third-order valence-electron chi connectivity index (χ3n) is 3.51. The van der Waals surface area contributed by atoms with Gasteiger partial charge in [0.1, 0.15) is 5.75 Å². The monoisotopic (exact) mass is 339 g/mol. The molecule has 0 unspecified atom stereocenters. The third kappa shape index (κ3) is 4.05. The van der Waals surface area contributed by atoms with Gasteiger partial charge in [0.05, 0.1) is 19.1 Å². The Bertz CT molecular complexity index is 672. The minimum atomic E-state index is -2.86. The lowest BCUT2D eigenvalue weighted by Crippen LogP contribution is -2.21. The van der Waals surface area contributed by atoms with Gasteiger partial charge in [0.2, 0.25) is 5.91 Å². The Morgan fingerprint density at radius 3 is 2.87 bits per heavy atom. The highest BCUT2D eigenvalue weighted by molar-refractivity contribution is 7.10. The van der Waals surface area contributed by atoms with Crippen molar-refractivity contribution >= 4 is 22.9 Å². The largest absolute Gasteiger partial charge is 0.435 e. The summed E-state index contributed by atoms with van der Waals surface area (Å²) >= 11 is 1.68. The molecule has 0 saturated heterocycles. The van der Waals surface area contributed by atoms with Gasteiger partial charge in [-0.1, -0.05) is 0 Å². The summed E-state index contributed by atoms with van der Waals surface area (Å²) in [6.45, 7) is -2.25. The highest BCUT2D eigenvalue weighted by atomic mass is 32.1. The summed E-state index contributed by atoms with van der Waals surface area (Å²) in [5.41, 5.74) is 1.61.